The number of rotatable bonds is 2. The molecule has 0 radical (unpaired) electrons. The van der Waals surface area contributed by atoms with Gasteiger partial charge in [0.05, 0.1) is 6.61 Å². The van der Waals surface area contributed by atoms with E-state index < -0.39 is 22.8 Å². The fourth-order valence-corrected chi connectivity index (χ4v) is 3.02. The third-order valence-electron chi connectivity index (χ3n) is 3.47. The molecule has 0 aromatic heterocycles. The van der Waals surface area contributed by atoms with Crippen LogP contribution in [0.5, 0.6) is 0 Å². The van der Waals surface area contributed by atoms with Crippen LogP contribution in [0, 0.1) is 12.0 Å². The number of ether oxygens (including phenoxy) is 1. The molecule has 0 bridgehead atoms. The minimum Gasteiger partial charge on any atom is -0.460 e. The Kier molecular flexibility index (Phi) is 2.23. The summed E-state index contributed by atoms with van der Waals surface area (Å²) in [6.45, 7) is 8.92. The minimum atomic E-state index is -2.59. The van der Waals surface area contributed by atoms with E-state index in [0.29, 0.717) is 0 Å². The average Bonchev–Trinajstić information content (AvgIpc) is 2.09. The van der Waals surface area contributed by atoms with Gasteiger partial charge in [-0.1, -0.05) is 0 Å². The Labute approximate surface area is 92.6 Å². The SMILES string of the molecule is [C-]#[N+]C1(C(=O)OCC)CC2(CC(F)(F)C2)C1. The van der Waals surface area contributed by atoms with Crippen LogP contribution < -0.4 is 0 Å². The Morgan fingerprint density at radius 2 is 1.94 bits per heavy atom. The molecule has 88 valence electrons. The topological polar surface area (TPSA) is 30.7 Å². The highest BCUT2D eigenvalue weighted by atomic mass is 19.3. The molecule has 0 amide bonds. The van der Waals surface area contributed by atoms with E-state index in [-0.39, 0.29) is 32.3 Å². The van der Waals surface area contributed by atoms with Crippen LogP contribution in [-0.4, -0.2) is 24.0 Å². The smallest absolute Gasteiger partial charge is 0.393 e. The first-order valence-corrected chi connectivity index (χ1v) is 5.31. The molecular formula is C11H13F2NO2. The molecular weight excluding hydrogens is 216 g/mol. The van der Waals surface area contributed by atoms with Gasteiger partial charge in [0.1, 0.15) is 0 Å². The zero-order valence-electron chi connectivity index (χ0n) is 9.06. The highest BCUT2D eigenvalue weighted by molar-refractivity contribution is 5.85. The van der Waals surface area contributed by atoms with Gasteiger partial charge < -0.3 is 4.74 Å². The van der Waals surface area contributed by atoms with Gasteiger partial charge in [-0.25, -0.2) is 20.1 Å². The predicted molar refractivity (Wildman–Crippen MR) is 51.8 cm³/mol. The molecule has 0 N–H and O–H groups in total. The van der Waals surface area contributed by atoms with Crippen molar-refractivity contribution in [1.82, 2.24) is 0 Å². The molecule has 2 aliphatic rings. The molecule has 0 saturated heterocycles. The maximum absolute atomic E-state index is 12.8. The van der Waals surface area contributed by atoms with E-state index in [0.717, 1.165) is 0 Å². The molecule has 0 aliphatic heterocycles. The van der Waals surface area contributed by atoms with E-state index in [1.54, 1.807) is 6.92 Å². The second-order valence-electron chi connectivity index (χ2n) is 4.93. The van der Waals surface area contributed by atoms with Crippen molar-refractivity contribution in [3.05, 3.63) is 11.4 Å². The number of halogens is 2. The summed E-state index contributed by atoms with van der Waals surface area (Å²) in [5.41, 5.74) is -1.65. The fourth-order valence-electron chi connectivity index (χ4n) is 3.02. The fraction of sp³-hybridized carbons (Fsp3) is 0.818. The summed E-state index contributed by atoms with van der Waals surface area (Å²) in [5.74, 6) is -3.14. The molecule has 2 aliphatic carbocycles. The predicted octanol–water partition coefficient (Wildman–Crippen LogP) is 2.42. The van der Waals surface area contributed by atoms with E-state index >= 15 is 0 Å². The summed E-state index contributed by atoms with van der Waals surface area (Å²) in [6, 6.07) is 0. The number of carbonyl (C=O) groups excluding carboxylic acids is 1. The van der Waals surface area contributed by atoms with Crippen molar-refractivity contribution < 1.29 is 18.3 Å². The molecule has 3 nitrogen and oxygen atoms in total. The normalized spacial score (nSPS) is 27.4. The molecule has 0 aromatic carbocycles. The number of hydrogen-bond donors (Lipinski definition) is 0. The highest BCUT2D eigenvalue weighted by Crippen LogP contribution is 2.67. The molecule has 0 aromatic rings. The van der Waals surface area contributed by atoms with Gasteiger partial charge in [-0.2, -0.15) is 0 Å². The van der Waals surface area contributed by atoms with Gasteiger partial charge in [-0.05, 0) is 12.3 Å². The van der Waals surface area contributed by atoms with Gasteiger partial charge in [0.15, 0.2) is 0 Å². The van der Waals surface area contributed by atoms with E-state index in [1.165, 1.54) is 0 Å². The zero-order valence-corrected chi connectivity index (χ0v) is 9.06. The van der Waals surface area contributed by atoms with Crippen LogP contribution in [0.25, 0.3) is 4.85 Å². The second kappa shape index (κ2) is 3.16. The molecule has 0 heterocycles. The van der Waals surface area contributed by atoms with Gasteiger partial charge >= 0.3 is 11.5 Å². The Morgan fingerprint density at radius 3 is 2.31 bits per heavy atom. The van der Waals surface area contributed by atoms with Crippen LogP contribution in [0.2, 0.25) is 0 Å². The van der Waals surface area contributed by atoms with Crippen LogP contribution >= 0.6 is 0 Å². The largest absolute Gasteiger partial charge is 0.460 e. The van der Waals surface area contributed by atoms with Crippen molar-refractivity contribution in [3.63, 3.8) is 0 Å². The minimum absolute atomic E-state index is 0.184. The van der Waals surface area contributed by atoms with Crippen LogP contribution in [0.4, 0.5) is 8.78 Å². The number of hydrogen-bond acceptors (Lipinski definition) is 2. The summed E-state index contributed by atoms with van der Waals surface area (Å²) < 4.78 is 30.3. The van der Waals surface area contributed by atoms with Gasteiger partial charge in [0, 0.05) is 25.7 Å². The van der Waals surface area contributed by atoms with Crippen LogP contribution in [0.15, 0.2) is 0 Å². The molecule has 0 unspecified atom stereocenters. The summed E-state index contributed by atoms with van der Waals surface area (Å²) in [7, 11) is 0. The van der Waals surface area contributed by atoms with Crippen LogP contribution in [-0.2, 0) is 9.53 Å². The van der Waals surface area contributed by atoms with Crippen molar-refractivity contribution in [2.75, 3.05) is 6.61 Å². The Morgan fingerprint density at radius 1 is 1.38 bits per heavy atom. The van der Waals surface area contributed by atoms with Crippen molar-refractivity contribution in [2.24, 2.45) is 5.41 Å². The number of esters is 1. The molecule has 16 heavy (non-hydrogen) atoms. The summed E-state index contributed by atoms with van der Waals surface area (Å²) in [5, 5.41) is 0. The van der Waals surface area contributed by atoms with Crippen molar-refractivity contribution >= 4 is 5.97 Å². The van der Waals surface area contributed by atoms with Gasteiger partial charge in [0.25, 0.3) is 0 Å². The number of nitrogens with zero attached hydrogens (tertiary/aromatic N) is 1. The third-order valence-corrected chi connectivity index (χ3v) is 3.47. The standard InChI is InChI=1S/C11H13F2NO2/c1-3-16-8(15)10(14-2)4-9(5-10)6-11(12,13)7-9/h3-7H2,1H3. The lowest BCUT2D eigenvalue weighted by Crippen LogP contribution is -2.63. The first-order valence-electron chi connectivity index (χ1n) is 5.31. The number of carbonyl (C=O) groups is 1. The quantitative estimate of drug-likeness (QED) is 0.537. The molecule has 2 fully saturated rings. The third kappa shape index (κ3) is 1.48. The Hall–Kier alpha value is -1.18. The van der Waals surface area contributed by atoms with Gasteiger partial charge in [0.2, 0.25) is 5.92 Å². The molecule has 2 saturated carbocycles. The lowest BCUT2D eigenvalue weighted by atomic mass is 9.47. The van der Waals surface area contributed by atoms with Crippen molar-refractivity contribution in [1.29, 1.82) is 0 Å². The van der Waals surface area contributed by atoms with Crippen LogP contribution in [0.1, 0.15) is 32.6 Å². The molecule has 2 rings (SSSR count). The van der Waals surface area contributed by atoms with E-state index in [2.05, 4.69) is 4.85 Å². The first kappa shape index (κ1) is 11.3. The zero-order chi connectivity index (χ0) is 12.0. The van der Waals surface area contributed by atoms with E-state index in [9.17, 15) is 13.6 Å². The monoisotopic (exact) mass is 229 g/mol. The summed E-state index contributed by atoms with van der Waals surface area (Å²) >= 11 is 0. The molecule has 0 atom stereocenters. The van der Waals surface area contributed by atoms with E-state index in [1.807, 2.05) is 0 Å². The first-order chi connectivity index (χ1) is 7.37. The lowest BCUT2D eigenvalue weighted by Gasteiger charge is -2.56. The summed E-state index contributed by atoms with van der Waals surface area (Å²) in [4.78, 5) is 14.8. The Bertz CT molecular complexity index is 357. The highest BCUT2D eigenvalue weighted by Gasteiger charge is 2.74. The molecule has 1 spiro atoms. The maximum Gasteiger partial charge on any atom is 0.393 e. The summed E-state index contributed by atoms with van der Waals surface area (Å²) in [6.07, 6.45) is 0.100. The van der Waals surface area contributed by atoms with Crippen LogP contribution in [0.3, 0.4) is 0 Å². The van der Waals surface area contributed by atoms with Crippen molar-refractivity contribution in [3.8, 4) is 0 Å². The average molecular weight is 229 g/mol. The number of alkyl halides is 2. The Balaban J connectivity index is 1.99. The second-order valence-corrected chi connectivity index (χ2v) is 4.93. The van der Waals surface area contributed by atoms with Gasteiger partial charge in [-0.3, -0.25) is 4.85 Å². The van der Waals surface area contributed by atoms with Gasteiger partial charge in [-0.15, -0.1) is 0 Å². The lowest BCUT2D eigenvalue weighted by molar-refractivity contribution is -0.213. The maximum atomic E-state index is 12.8. The molecule has 5 heteroatoms. The van der Waals surface area contributed by atoms with E-state index in [4.69, 9.17) is 11.3 Å². The van der Waals surface area contributed by atoms with Crippen molar-refractivity contribution in [2.45, 2.75) is 44.1 Å².